The van der Waals surface area contributed by atoms with Crippen molar-refractivity contribution in [2.24, 2.45) is 0 Å². The topological polar surface area (TPSA) is 69.3 Å². The molecule has 1 atom stereocenters. The van der Waals surface area contributed by atoms with Gasteiger partial charge in [0.05, 0.1) is 38.5 Å². The zero-order valence-electron chi connectivity index (χ0n) is 20.9. The lowest BCUT2D eigenvalue weighted by Crippen LogP contribution is -2.43. The summed E-state index contributed by atoms with van der Waals surface area (Å²) in [5.74, 6) is 1.77. The van der Waals surface area contributed by atoms with E-state index in [-0.39, 0.29) is 11.9 Å². The Morgan fingerprint density at radius 2 is 1.69 bits per heavy atom. The molecule has 1 amide bonds. The molecule has 0 radical (unpaired) electrons. The number of ether oxygens (including phenoxy) is 4. The van der Waals surface area contributed by atoms with Crippen LogP contribution >= 0.6 is 0 Å². The van der Waals surface area contributed by atoms with Crippen LogP contribution in [0, 0.1) is 0 Å². The van der Waals surface area contributed by atoms with Gasteiger partial charge in [-0.2, -0.15) is 0 Å². The molecule has 0 spiro atoms. The molecule has 1 aliphatic heterocycles. The van der Waals surface area contributed by atoms with Gasteiger partial charge >= 0.3 is 0 Å². The molecule has 3 aromatic rings. The van der Waals surface area contributed by atoms with Crippen molar-refractivity contribution in [1.82, 2.24) is 10.2 Å². The molecule has 0 unspecified atom stereocenters. The summed E-state index contributed by atoms with van der Waals surface area (Å²) in [6.07, 6.45) is 0. The molecule has 7 nitrogen and oxygen atoms in total. The second kappa shape index (κ2) is 13.0. The van der Waals surface area contributed by atoms with Gasteiger partial charge < -0.3 is 24.3 Å². The normalized spacial score (nSPS) is 14.6. The first-order valence-electron chi connectivity index (χ1n) is 12.4. The zero-order chi connectivity index (χ0) is 25.2. The largest absolute Gasteiger partial charge is 0.493 e. The number of hydrogen-bond donors (Lipinski definition) is 1. The summed E-state index contributed by atoms with van der Waals surface area (Å²) < 4.78 is 22.8. The summed E-state index contributed by atoms with van der Waals surface area (Å²) in [6, 6.07) is 23.2. The van der Waals surface area contributed by atoms with Gasteiger partial charge in [-0.25, -0.2) is 0 Å². The van der Waals surface area contributed by atoms with E-state index in [0.717, 1.165) is 24.2 Å². The minimum atomic E-state index is -0.171. The highest BCUT2D eigenvalue weighted by molar-refractivity contribution is 5.96. The molecule has 4 rings (SSSR count). The molecule has 1 N–H and O–H groups in total. The van der Waals surface area contributed by atoms with Crippen molar-refractivity contribution >= 4 is 5.91 Å². The first-order chi connectivity index (χ1) is 17.7. The number of nitrogens with zero attached hydrogens (tertiary/aromatic N) is 1. The number of benzene rings is 3. The summed E-state index contributed by atoms with van der Waals surface area (Å²) in [5, 5.41) is 3.14. The Labute approximate surface area is 212 Å². The second-order valence-corrected chi connectivity index (χ2v) is 8.49. The smallest absolute Gasteiger partial charge is 0.255 e. The van der Waals surface area contributed by atoms with Crippen molar-refractivity contribution in [2.75, 3.05) is 46.6 Å². The Hall–Kier alpha value is -3.55. The van der Waals surface area contributed by atoms with E-state index in [2.05, 4.69) is 10.2 Å². The third kappa shape index (κ3) is 6.56. The van der Waals surface area contributed by atoms with E-state index in [4.69, 9.17) is 18.9 Å². The van der Waals surface area contributed by atoms with Gasteiger partial charge in [-0.1, -0.05) is 48.5 Å². The number of nitrogens with one attached hydrogen (secondary N) is 1. The monoisotopic (exact) mass is 490 g/mol. The maximum Gasteiger partial charge on any atom is 0.255 e. The van der Waals surface area contributed by atoms with Crippen LogP contribution in [-0.2, 0) is 11.3 Å². The summed E-state index contributed by atoms with van der Waals surface area (Å²) >= 11 is 0. The highest BCUT2D eigenvalue weighted by Crippen LogP contribution is 2.32. The van der Waals surface area contributed by atoms with E-state index in [1.54, 1.807) is 13.2 Å². The number of amides is 1. The Bertz CT molecular complexity index is 1120. The van der Waals surface area contributed by atoms with Crippen LogP contribution < -0.4 is 19.5 Å². The highest BCUT2D eigenvalue weighted by Gasteiger charge is 2.25. The van der Waals surface area contributed by atoms with Crippen molar-refractivity contribution in [2.45, 2.75) is 19.6 Å². The number of para-hydroxylation sites is 1. The molecule has 1 heterocycles. The van der Waals surface area contributed by atoms with Crippen molar-refractivity contribution in [3.05, 3.63) is 89.5 Å². The van der Waals surface area contributed by atoms with Gasteiger partial charge in [0.25, 0.3) is 5.91 Å². The summed E-state index contributed by atoms with van der Waals surface area (Å²) in [4.78, 5) is 15.6. The maximum atomic E-state index is 13.3. The van der Waals surface area contributed by atoms with Gasteiger partial charge in [-0.15, -0.1) is 0 Å². The van der Waals surface area contributed by atoms with Crippen LogP contribution in [0.25, 0.3) is 0 Å². The maximum absolute atomic E-state index is 13.3. The molecule has 0 bridgehead atoms. The fraction of sp³-hybridized carbons (Fsp3) is 0.345. The molecule has 3 aromatic carbocycles. The van der Waals surface area contributed by atoms with Crippen LogP contribution in [-0.4, -0.2) is 57.4 Å². The average Bonchev–Trinajstić information content (AvgIpc) is 2.94. The third-order valence-electron chi connectivity index (χ3n) is 6.18. The fourth-order valence-electron chi connectivity index (χ4n) is 4.31. The van der Waals surface area contributed by atoms with Gasteiger partial charge in [0.2, 0.25) is 0 Å². The molecular weight excluding hydrogens is 456 g/mol. The van der Waals surface area contributed by atoms with Crippen LogP contribution in [0.15, 0.2) is 72.8 Å². The average molecular weight is 491 g/mol. The van der Waals surface area contributed by atoms with Crippen LogP contribution in [0.3, 0.4) is 0 Å². The van der Waals surface area contributed by atoms with Gasteiger partial charge in [0, 0.05) is 19.6 Å². The lowest BCUT2D eigenvalue weighted by Gasteiger charge is -2.35. The van der Waals surface area contributed by atoms with Crippen molar-refractivity contribution < 1.29 is 23.7 Å². The molecular formula is C29H34N2O5. The summed E-state index contributed by atoms with van der Waals surface area (Å²) in [7, 11) is 1.64. The van der Waals surface area contributed by atoms with Gasteiger partial charge in [-0.3, -0.25) is 9.69 Å². The quantitative estimate of drug-likeness (QED) is 0.428. The van der Waals surface area contributed by atoms with Crippen LogP contribution in [0.1, 0.15) is 34.5 Å². The molecule has 0 aromatic heterocycles. The van der Waals surface area contributed by atoms with Gasteiger partial charge in [0.1, 0.15) is 12.4 Å². The minimum Gasteiger partial charge on any atom is -0.493 e. The molecule has 1 saturated heterocycles. The number of carbonyl (C=O) groups excluding carboxylic acids is 1. The Morgan fingerprint density at radius 3 is 2.44 bits per heavy atom. The predicted octanol–water partition coefficient (Wildman–Crippen LogP) is 4.48. The minimum absolute atomic E-state index is 0.0418. The lowest BCUT2D eigenvalue weighted by molar-refractivity contribution is 0.0161. The first kappa shape index (κ1) is 25.5. The van der Waals surface area contributed by atoms with Crippen LogP contribution in [0.4, 0.5) is 0 Å². The SMILES string of the molecule is CCOc1ccc([C@@H](CNC(=O)c2ccccc2OCc2ccccc2)N2CCOCC2)cc1OC. The second-order valence-electron chi connectivity index (χ2n) is 8.49. The molecule has 7 heteroatoms. The number of rotatable bonds is 11. The van der Waals surface area contributed by atoms with E-state index < -0.39 is 0 Å². The predicted molar refractivity (Wildman–Crippen MR) is 139 cm³/mol. The molecule has 0 aliphatic carbocycles. The Balaban J connectivity index is 1.50. The molecule has 36 heavy (non-hydrogen) atoms. The van der Waals surface area contributed by atoms with Crippen LogP contribution in [0.2, 0.25) is 0 Å². The Kier molecular flexibility index (Phi) is 9.19. The van der Waals surface area contributed by atoms with Gasteiger partial charge in [-0.05, 0) is 42.3 Å². The summed E-state index contributed by atoms with van der Waals surface area (Å²) in [5.41, 5.74) is 2.61. The Morgan fingerprint density at radius 1 is 0.944 bits per heavy atom. The van der Waals surface area contributed by atoms with Crippen LogP contribution in [0.5, 0.6) is 17.2 Å². The fourth-order valence-corrected chi connectivity index (χ4v) is 4.31. The summed E-state index contributed by atoms with van der Waals surface area (Å²) in [6.45, 7) is 6.23. The molecule has 1 fully saturated rings. The van der Waals surface area contributed by atoms with Crippen molar-refractivity contribution in [3.63, 3.8) is 0 Å². The lowest BCUT2D eigenvalue weighted by atomic mass is 10.0. The van der Waals surface area contributed by atoms with E-state index in [9.17, 15) is 4.79 Å². The number of hydrogen-bond acceptors (Lipinski definition) is 6. The van der Waals surface area contributed by atoms with Crippen molar-refractivity contribution in [1.29, 1.82) is 0 Å². The van der Waals surface area contributed by atoms with Gasteiger partial charge in [0.15, 0.2) is 11.5 Å². The zero-order valence-corrected chi connectivity index (χ0v) is 20.9. The first-order valence-corrected chi connectivity index (χ1v) is 12.4. The molecule has 1 aliphatic rings. The van der Waals surface area contributed by atoms with E-state index in [1.165, 1.54) is 0 Å². The van der Waals surface area contributed by atoms with E-state index >= 15 is 0 Å². The number of methoxy groups -OCH3 is 1. The molecule has 0 saturated carbocycles. The van der Waals surface area contributed by atoms with E-state index in [0.29, 0.717) is 55.8 Å². The molecule has 190 valence electrons. The van der Waals surface area contributed by atoms with E-state index in [1.807, 2.05) is 73.7 Å². The standard InChI is InChI=1S/C29H34N2O5/c1-3-35-27-14-13-23(19-28(27)33-2)25(31-15-17-34-18-16-31)20-30-29(32)24-11-7-8-12-26(24)36-21-22-9-5-4-6-10-22/h4-14,19,25H,3,15-18,20-21H2,1-2H3,(H,30,32)/t25-/m1/s1. The highest BCUT2D eigenvalue weighted by atomic mass is 16.5. The number of carbonyl (C=O) groups is 1. The van der Waals surface area contributed by atoms with Crippen molar-refractivity contribution in [3.8, 4) is 17.2 Å². The number of morpholine rings is 1. The third-order valence-corrected chi connectivity index (χ3v) is 6.18.